The molecular formula is C30H39N3O4. The molecule has 1 amide bonds. The number of ether oxygens (including phenoxy) is 2. The molecule has 0 aliphatic carbocycles. The summed E-state index contributed by atoms with van der Waals surface area (Å²) in [4.78, 5) is 27.0. The van der Waals surface area contributed by atoms with Gasteiger partial charge in [0, 0.05) is 30.5 Å². The van der Waals surface area contributed by atoms with Crippen molar-refractivity contribution in [2.45, 2.75) is 54.0 Å². The standard InChI is InChI=1S/C30H39N3O4/c1-9-10-20(13-21(31)16(2)3)26-27-23(32-24(15-36-7)28(26)30(35)37-8)14-22(33-29(27)34)25-18(5)11-17(4)12-19(25)6/h9-13,22,26,32H,14-15,31H2,1-8H3,(H,33,34)/b10-9-,20-13+. The number of carbonyl (C=O) groups is 2. The van der Waals surface area contributed by atoms with E-state index in [0.717, 1.165) is 33.5 Å². The lowest BCUT2D eigenvalue weighted by Crippen LogP contribution is -2.45. The molecule has 4 N–H and O–H groups in total. The molecule has 0 aromatic heterocycles. The molecule has 1 aromatic rings. The van der Waals surface area contributed by atoms with E-state index in [1.807, 2.05) is 39.0 Å². The van der Waals surface area contributed by atoms with Crippen LogP contribution < -0.4 is 16.4 Å². The summed E-state index contributed by atoms with van der Waals surface area (Å²) in [5.74, 6) is -1.43. The lowest BCUT2D eigenvalue weighted by atomic mass is 9.75. The number of nitrogens with two attached hydrogens (primary N) is 1. The number of esters is 1. The molecule has 0 fully saturated rings. The van der Waals surface area contributed by atoms with Gasteiger partial charge in [-0.2, -0.15) is 0 Å². The Hall–Kier alpha value is -3.58. The maximum atomic E-state index is 13.9. The summed E-state index contributed by atoms with van der Waals surface area (Å²) in [5, 5.41) is 6.61. The monoisotopic (exact) mass is 505 g/mol. The van der Waals surface area contributed by atoms with E-state index in [9.17, 15) is 9.59 Å². The maximum Gasteiger partial charge on any atom is 0.336 e. The number of carbonyl (C=O) groups excluding carboxylic acids is 2. The van der Waals surface area contributed by atoms with Crippen molar-refractivity contribution < 1.29 is 19.1 Å². The molecule has 0 spiro atoms. The molecule has 2 atom stereocenters. The second-order valence-electron chi connectivity index (χ2n) is 9.91. The zero-order valence-corrected chi connectivity index (χ0v) is 23.2. The number of methoxy groups -OCH3 is 2. The third kappa shape index (κ3) is 5.72. The first-order valence-corrected chi connectivity index (χ1v) is 12.5. The molecule has 198 valence electrons. The van der Waals surface area contributed by atoms with Gasteiger partial charge in [-0.05, 0) is 69.9 Å². The van der Waals surface area contributed by atoms with Gasteiger partial charge in [-0.1, -0.05) is 35.4 Å². The fourth-order valence-electron chi connectivity index (χ4n) is 5.33. The summed E-state index contributed by atoms with van der Waals surface area (Å²) in [7, 11) is 2.91. The number of hydrogen-bond acceptors (Lipinski definition) is 6. The summed E-state index contributed by atoms with van der Waals surface area (Å²) in [6.45, 7) is 12.1. The molecule has 3 rings (SSSR count). The van der Waals surface area contributed by atoms with Crippen LogP contribution in [0.4, 0.5) is 0 Å². The van der Waals surface area contributed by atoms with Crippen molar-refractivity contribution in [3.63, 3.8) is 0 Å². The topological polar surface area (TPSA) is 103 Å². The van der Waals surface area contributed by atoms with Crippen molar-refractivity contribution in [2.24, 2.45) is 11.7 Å². The molecule has 7 nitrogen and oxygen atoms in total. The van der Waals surface area contributed by atoms with Gasteiger partial charge in [0.15, 0.2) is 0 Å². The van der Waals surface area contributed by atoms with Crippen molar-refractivity contribution in [2.75, 3.05) is 20.8 Å². The lowest BCUT2D eigenvalue weighted by Gasteiger charge is -2.38. The fourth-order valence-corrected chi connectivity index (χ4v) is 5.33. The highest BCUT2D eigenvalue weighted by molar-refractivity contribution is 6.02. The molecule has 0 saturated carbocycles. The number of amides is 1. The molecule has 0 saturated heterocycles. The second-order valence-corrected chi connectivity index (χ2v) is 9.91. The molecule has 37 heavy (non-hydrogen) atoms. The summed E-state index contributed by atoms with van der Waals surface area (Å²) < 4.78 is 10.6. The first kappa shape index (κ1) is 28.0. The highest BCUT2D eigenvalue weighted by atomic mass is 16.5. The normalized spacial score (nSPS) is 20.0. The van der Waals surface area contributed by atoms with Gasteiger partial charge in [0.25, 0.3) is 0 Å². The van der Waals surface area contributed by atoms with Gasteiger partial charge in [-0.15, -0.1) is 0 Å². The molecule has 0 bridgehead atoms. The third-order valence-corrected chi connectivity index (χ3v) is 6.86. The van der Waals surface area contributed by atoms with Crippen molar-refractivity contribution in [1.82, 2.24) is 10.6 Å². The van der Waals surface area contributed by atoms with E-state index in [1.165, 1.54) is 12.7 Å². The average molecular weight is 506 g/mol. The van der Waals surface area contributed by atoms with Gasteiger partial charge in [-0.3, -0.25) is 4.79 Å². The van der Waals surface area contributed by atoms with Gasteiger partial charge >= 0.3 is 5.97 Å². The third-order valence-electron chi connectivity index (χ3n) is 6.86. The highest BCUT2D eigenvalue weighted by Crippen LogP contribution is 2.42. The minimum atomic E-state index is -0.677. The summed E-state index contributed by atoms with van der Waals surface area (Å²) in [5.41, 5.74) is 15.3. The number of nitrogens with one attached hydrogen (secondary N) is 2. The van der Waals surface area contributed by atoms with Crippen LogP contribution >= 0.6 is 0 Å². The Morgan fingerprint density at radius 1 is 1.16 bits per heavy atom. The Bertz CT molecular complexity index is 1240. The molecule has 7 heteroatoms. The summed E-state index contributed by atoms with van der Waals surface area (Å²) >= 11 is 0. The summed E-state index contributed by atoms with van der Waals surface area (Å²) in [6.07, 6.45) is 6.14. The number of rotatable bonds is 7. The van der Waals surface area contributed by atoms with Gasteiger partial charge in [0.2, 0.25) is 5.91 Å². The van der Waals surface area contributed by atoms with E-state index in [2.05, 4.69) is 43.5 Å². The predicted octanol–water partition coefficient (Wildman–Crippen LogP) is 4.47. The second kappa shape index (κ2) is 11.6. The minimum Gasteiger partial charge on any atom is -0.466 e. The number of allylic oxidation sites excluding steroid dienone is 5. The Kier molecular flexibility index (Phi) is 8.81. The maximum absolute atomic E-state index is 13.9. The average Bonchev–Trinajstić information content (AvgIpc) is 2.81. The van der Waals surface area contributed by atoms with Crippen LogP contribution in [-0.2, 0) is 19.1 Å². The van der Waals surface area contributed by atoms with E-state index >= 15 is 0 Å². The van der Waals surface area contributed by atoms with Crippen LogP contribution in [0.15, 0.2) is 69.7 Å². The van der Waals surface area contributed by atoms with Crippen LogP contribution in [0.1, 0.15) is 55.5 Å². The van der Waals surface area contributed by atoms with E-state index in [0.29, 0.717) is 29.0 Å². The Morgan fingerprint density at radius 3 is 2.35 bits per heavy atom. The molecule has 1 aromatic carbocycles. The van der Waals surface area contributed by atoms with Crippen LogP contribution in [0.2, 0.25) is 0 Å². The van der Waals surface area contributed by atoms with E-state index in [4.69, 9.17) is 15.2 Å². The van der Waals surface area contributed by atoms with Gasteiger partial charge in [0.1, 0.15) is 0 Å². The van der Waals surface area contributed by atoms with Crippen LogP contribution in [0.5, 0.6) is 0 Å². The van der Waals surface area contributed by atoms with E-state index < -0.39 is 11.9 Å². The number of hydrogen-bond donors (Lipinski definition) is 3. The Labute approximate surface area is 220 Å². The number of benzene rings is 1. The lowest BCUT2D eigenvalue weighted by molar-refractivity contribution is -0.136. The zero-order chi connectivity index (χ0) is 27.4. The van der Waals surface area contributed by atoms with Gasteiger partial charge in [0.05, 0.1) is 36.9 Å². The fraction of sp³-hybridized carbons (Fsp3) is 0.400. The van der Waals surface area contributed by atoms with Crippen molar-refractivity contribution in [3.05, 3.63) is 92.0 Å². The van der Waals surface area contributed by atoms with E-state index in [-0.39, 0.29) is 18.6 Å². The molecule has 2 heterocycles. The first-order valence-electron chi connectivity index (χ1n) is 12.5. The molecule has 0 radical (unpaired) electrons. The van der Waals surface area contributed by atoms with Crippen LogP contribution in [0.3, 0.4) is 0 Å². The largest absolute Gasteiger partial charge is 0.466 e. The SMILES string of the molecule is C/C=C\C(=C/C(N)=C(C)C)C1C2=C(CC(c3c(C)cc(C)cc3C)NC2=O)NC(COC)=C1C(=O)OC. The van der Waals surface area contributed by atoms with Crippen molar-refractivity contribution in [3.8, 4) is 0 Å². The van der Waals surface area contributed by atoms with Crippen LogP contribution in [0, 0.1) is 26.7 Å². The molecule has 2 unspecified atom stereocenters. The van der Waals surface area contributed by atoms with Crippen LogP contribution in [0.25, 0.3) is 0 Å². The van der Waals surface area contributed by atoms with Crippen LogP contribution in [-0.4, -0.2) is 32.7 Å². The van der Waals surface area contributed by atoms with Gasteiger partial charge < -0.3 is 25.8 Å². The number of dihydropyridines is 1. The zero-order valence-electron chi connectivity index (χ0n) is 23.2. The Balaban J connectivity index is 2.26. The smallest absolute Gasteiger partial charge is 0.336 e. The van der Waals surface area contributed by atoms with Crippen molar-refractivity contribution in [1.29, 1.82) is 0 Å². The quantitative estimate of drug-likeness (QED) is 0.373. The first-order chi connectivity index (χ1) is 17.5. The molecular weight excluding hydrogens is 466 g/mol. The molecule has 2 aliphatic heterocycles. The molecule has 2 aliphatic rings. The van der Waals surface area contributed by atoms with E-state index in [1.54, 1.807) is 7.11 Å². The summed E-state index contributed by atoms with van der Waals surface area (Å²) in [6, 6.07) is 4.06. The predicted molar refractivity (Wildman–Crippen MR) is 146 cm³/mol. The van der Waals surface area contributed by atoms with Crippen molar-refractivity contribution >= 4 is 11.9 Å². The number of aryl methyl sites for hydroxylation is 3. The highest BCUT2D eigenvalue weighted by Gasteiger charge is 2.43. The Morgan fingerprint density at radius 2 is 1.81 bits per heavy atom. The van der Waals surface area contributed by atoms with Gasteiger partial charge in [-0.25, -0.2) is 4.79 Å². The minimum absolute atomic E-state index is 0.161.